The van der Waals surface area contributed by atoms with Crippen molar-refractivity contribution in [3.05, 3.63) is 40.8 Å². The van der Waals surface area contributed by atoms with E-state index < -0.39 is 0 Å². The van der Waals surface area contributed by atoms with Gasteiger partial charge in [-0.3, -0.25) is 0 Å². The van der Waals surface area contributed by atoms with Crippen molar-refractivity contribution in [3.63, 3.8) is 0 Å². The van der Waals surface area contributed by atoms with Crippen LogP contribution in [0.3, 0.4) is 0 Å². The molecular weight excluding hydrogens is 204 g/mol. The van der Waals surface area contributed by atoms with Crippen molar-refractivity contribution in [1.82, 2.24) is 0 Å². The molecule has 78 valence electrons. The van der Waals surface area contributed by atoms with E-state index in [0.717, 1.165) is 11.3 Å². The van der Waals surface area contributed by atoms with E-state index in [9.17, 15) is 0 Å². The average Bonchev–Trinajstić information content (AvgIpc) is 2.29. The van der Waals surface area contributed by atoms with E-state index in [-0.39, 0.29) is 0 Å². The quantitative estimate of drug-likeness (QED) is 0.717. The van der Waals surface area contributed by atoms with E-state index in [1.165, 1.54) is 4.91 Å². The molecule has 0 atom stereocenters. The van der Waals surface area contributed by atoms with Crippen molar-refractivity contribution in [2.75, 3.05) is 12.9 Å². The van der Waals surface area contributed by atoms with Gasteiger partial charge in [-0.25, -0.2) is 0 Å². The number of benzene rings is 1. The lowest BCUT2D eigenvalue weighted by Crippen LogP contribution is -1.93. The van der Waals surface area contributed by atoms with Gasteiger partial charge in [0.1, 0.15) is 12.4 Å². The summed E-state index contributed by atoms with van der Waals surface area (Å²) in [6, 6.07) is 7.52. The van der Waals surface area contributed by atoms with Gasteiger partial charge in [0.2, 0.25) is 0 Å². The van der Waals surface area contributed by atoms with Gasteiger partial charge in [0.05, 0.1) is 0 Å². The van der Waals surface area contributed by atoms with Gasteiger partial charge in [-0.15, -0.1) is 18.2 Å². The second kappa shape index (κ2) is 6.21. The predicted molar refractivity (Wildman–Crippen MR) is 67.1 cm³/mol. The third kappa shape index (κ3) is 4.14. The molecule has 0 aliphatic heterocycles. The smallest absolute Gasteiger partial charge is 0.119 e. The molecule has 0 aromatic heterocycles. The molecule has 0 saturated carbocycles. The van der Waals surface area contributed by atoms with Crippen molar-refractivity contribution >= 4 is 11.8 Å². The number of allylic oxidation sites excluding steroid dienone is 1. The fourth-order valence-corrected chi connectivity index (χ4v) is 1.22. The SMILES string of the molecule is C#Cc1ccc(OCC=C(C)SC)cc1. The lowest BCUT2D eigenvalue weighted by molar-refractivity contribution is 0.362. The highest BCUT2D eigenvalue weighted by Crippen LogP contribution is 2.13. The van der Waals surface area contributed by atoms with Crippen molar-refractivity contribution in [1.29, 1.82) is 0 Å². The van der Waals surface area contributed by atoms with Crippen LogP contribution < -0.4 is 4.74 Å². The van der Waals surface area contributed by atoms with Crippen LogP contribution in [0.15, 0.2) is 35.2 Å². The van der Waals surface area contributed by atoms with Gasteiger partial charge < -0.3 is 4.74 Å². The maximum Gasteiger partial charge on any atom is 0.119 e. The first-order valence-corrected chi connectivity index (χ1v) is 5.89. The van der Waals surface area contributed by atoms with E-state index in [4.69, 9.17) is 11.2 Å². The molecule has 1 aromatic carbocycles. The Labute approximate surface area is 95.5 Å². The Morgan fingerprint density at radius 3 is 2.67 bits per heavy atom. The Bertz CT molecular complexity index is 371. The minimum atomic E-state index is 0.599. The molecule has 0 saturated heterocycles. The molecule has 0 aliphatic rings. The van der Waals surface area contributed by atoms with Gasteiger partial charge >= 0.3 is 0 Å². The maximum absolute atomic E-state index is 5.52. The fourth-order valence-electron chi connectivity index (χ4n) is 0.986. The van der Waals surface area contributed by atoms with Crippen LogP contribution in [0, 0.1) is 12.3 Å². The van der Waals surface area contributed by atoms with Crippen molar-refractivity contribution < 1.29 is 4.74 Å². The zero-order valence-corrected chi connectivity index (χ0v) is 9.80. The standard InChI is InChI=1S/C13H14OS/c1-4-12-5-7-13(8-6-12)14-10-9-11(2)15-3/h1,5-9H,10H2,2-3H3. The second-order valence-electron chi connectivity index (χ2n) is 3.00. The van der Waals surface area contributed by atoms with Gasteiger partial charge in [-0.1, -0.05) is 5.92 Å². The summed E-state index contributed by atoms with van der Waals surface area (Å²) in [7, 11) is 0. The van der Waals surface area contributed by atoms with E-state index in [1.54, 1.807) is 11.8 Å². The molecule has 0 amide bonds. The van der Waals surface area contributed by atoms with Crippen LogP contribution in [0.1, 0.15) is 12.5 Å². The van der Waals surface area contributed by atoms with Crippen LogP contribution in [0.4, 0.5) is 0 Å². The number of terminal acetylenes is 1. The third-order valence-corrected chi connectivity index (χ3v) is 2.77. The van der Waals surface area contributed by atoms with Crippen molar-refractivity contribution in [3.8, 4) is 18.1 Å². The highest BCUT2D eigenvalue weighted by molar-refractivity contribution is 8.02. The summed E-state index contributed by atoms with van der Waals surface area (Å²) >= 11 is 1.72. The first-order valence-electron chi connectivity index (χ1n) is 4.66. The summed E-state index contributed by atoms with van der Waals surface area (Å²) < 4.78 is 5.52. The van der Waals surface area contributed by atoms with Gasteiger partial charge in [-0.2, -0.15) is 0 Å². The van der Waals surface area contributed by atoms with Crippen molar-refractivity contribution in [2.45, 2.75) is 6.92 Å². The van der Waals surface area contributed by atoms with Crippen LogP contribution in [-0.4, -0.2) is 12.9 Å². The maximum atomic E-state index is 5.52. The number of hydrogen-bond donors (Lipinski definition) is 0. The fraction of sp³-hybridized carbons (Fsp3) is 0.231. The molecular formula is C13H14OS. The summed E-state index contributed by atoms with van der Waals surface area (Å²) in [4.78, 5) is 1.26. The van der Waals surface area contributed by atoms with E-state index in [0.29, 0.717) is 6.61 Å². The number of hydrogen-bond acceptors (Lipinski definition) is 2. The van der Waals surface area contributed by atoms with E-state index >= 15 is 0 Å². The Kier molecular flexibility index (Phi) is 4.86. The lowest BCUT2D eigenvalue weighted by atomic mass is 10.2. The monoisotopic (exact) mass is 218 g/mol. The third-order valence-electron chi connectivity index (χ3n) is 1.96. The largest absolute Gasteiger partial charge is 0.490 e. The molecule has 0 spiro atoms. The minimum Gasteiger partial charge on any atom is -0.490 e. The summed E-state index contributed by atoms with van der Waals surface area (Å²) in [6.07, 6.45) is 9.36. The Balaban J connectivity index is 2.49. The molecule has 1 aromatic rings. The Hall–Kier alpha value is -1.33. The number of rotatable bonds is 4. The molecule has 0 N–H and O–H groups in total. The van der Waals surface area contributed by atoms with Gasteiger partial charge in [0, 0.05) is 5.56 Å². The molecule has 1 nitrogen and oxygen atoms in total. The first-order chi connectivity index (χ1) is 7.26. The lowest BCUT2D eigenvalue weighted by Gasteiger charge is -2.03. The van der Waals surface area contributed by atoms with Gasteiger partial charge in [0.15, 0.2) is 0 Å². The van der Waals surface area contributed by atoms with Gasteiger partial charge in [-0.05, 0) is 48.4 Å². The van der Waals surface area contributed by atoms with Gasteiger partial charge in [0.25, 0.3) is 0 Å². The first kappa shape index (κ1) is 11.7. The molecule has 2 heteroatoms. The van der Waals surface area contributed by atoms with Crippen LogP contribution in [0.2, 0.25) is 0 Å². The number of thioether (sulfide) groups is 1. The minimum absolute atomic E-state index is 0.599. The molecule has 0 unspecified atom stereocenters. The van der Waals surface area contributed by atoms with E-state index in [2.05, 4.69) is 18.9 Å². The molecule has 1 rings (SSSR count). The Morgan fingerprint density at radius 1 is 1.47 bits per heavy atom. The molecule has 0 heterocycles. The predicted octanol–water partition coefficient (Wildman–Crippen LogP) is 3.31. The highest BCUT2D eigenvalue weighted by atomic mass is 32.2. The number of ether oxygens (including phenoxy) is 1. The molecule has 0 bridgehead atoms. The Morgan fingerprint density at radius 2 is 2.13 bits per heavy atom. The summed E-state index contributed by atoms with van der Waals surface area (Å²) in [5.41, 5.74) is 0.873. The topological polar surface area (TPSA) is 9.23 Å². The van der Waals surface area contributed by atoms with Crippen LogP contribution in [-0.2, 0) is 0 Å². The summed E-state index contributed by atoms with van der Waals surface area (Å²) in [6.45, 7) is 2.66. The molecule has 0 radical (unpaired) electrons. The molecule has 15 heavy (non-hydrogen) atoms. The summed E-state index contributed by atoms with van der Waals surface area (Å²) in [5, 5.41) is 0. The van der Waals surface area contributed by atoms with Crippen LogP contribution in [0.25, 0.3) is 0 Å². The average molecular weight is 218 g/mol. The molecule has 0 fully saturated rings. The zero-order chi connectivity index (χ0) is 11.1. The molecule has 0 aliphatic carbocycles. The van der Waals surface area contributed by atoms with E-state index in [1.807, 2.05) is 30.5 Å². The summed E-state index contributed by atoms with van der Waals surface area (Å²) in [5.74, 6) is 3.41. The highest BCUT2D eigenvalue weighted by Gasteiger charge is 1.92. The van der Waals surface area contributed by atoms with Crippen molar-refractivity contribution in [2.24, 2.45) is 0 Å². The van der Waals surface area contributed by atoms with Crippen LogP contribution >= 0.6 is 11.8 Å². The normalized spacial score (nSPS) is 10.9. The van der Waals surface area contributed by atoms with Crippen LogP contribution in [0.5, 0.6) is 5.75 Å². The zero-order valence-electron chi connectivity index (χ0n) is 8.99. The second-order valence-corrected chi connectivity index (χ2v) is 4.05.